The number of ether oxygens (including phenoxy) is 1. The summed E-state index contributed by atoms with van der Waals surface area (Å²) in [6.45, 7) is 18.3. The molecule has 3 aliphatic heterocycles. The number of allylic oxidation sites excluding steroid dienone is 1. The van der Waals surface area contributed by atoms with E-state index < -0.39 is 5.60 Å². The van der Waals surface area contributed by atoms with Gasteiger partial charge in [-0.1, -0.05) is 0 Å². The van der Waals surface area contributed by atoms with E-state index in [0.29, 0.717) is 5.92 Å². The Bertz CT molecular complexity index is 565. The van der Waals surface area contributed by atoms with Crippen molar-refractivity contribution in [2.45, 2.75) is 103 Å². The van der Waals surface area contributed by atoms with Crippen LogP contribution in [0.1, 0.15) is 74.1 Å². The van der Waals surface area contributed by atoms with Crippen LogP contribution in [-0.4, -0.2) is 47.0 Å². The Balaban J connectivity index is 1.66. The number of rotatable bonds is 2. The second kappa shape index (κ2) is 6.27. The summed E-state index contributed by atoms with van der Waals surface area (Å²) in [5.41, 5.74) is -0.141. The molecule has 0 N–H and O–H groups in total. The Morgan fingerprint density at radius 2 is 1.54 bits per heavy atom. The molecule has 3 saturated heterocycles. The van der Waals surface area contributed by atoms with Crippen LogP contribution in [0.4, 0.5) is 4.79 Å². The molecule has 0 aliphatic carbocycles. The molecule has 0 saturated carbocycles. The molecule has 146 valence electrons. The van der Waals surface area contributed by atoms with Gasteiger partial charge in [-0.05, 0) is 85.5 Å². The Kier molecular flexibility index (Phi) is 4.76. The second-order valence-electron chi connectivity index (χ2n) is 10.1. The quantitative estimate of drug-likeness (QED) is 0.685. The summed E-state index contributed by atoms with van der Waals surface area (Å²) in [7, 11) is -0.363. The zero-order valence-corrected chi connectivity index (χ0v) is 17.4. The van der Waals surface area contributed by atoms with E-state index in [1.54, 1.807) is 0 Å². The highest BCUT2D eigenvalue weighted by Crippen LogP contribution is 2.45. The summed E-state index contributed by atoms with van der Waals surface area (Å²) < 4.78 is 18.0. The number of amides is 1. The topological polar surface area (TPSA) is 48.0 Å². The van der Waals surface area contributed by atoms with Crippen LogP contribution in [0.2, 0.25) is 0 Å². The van der Waals surface area contributed by atoms with Crippen LogP contribution >= 0.6 is 0 Å². The van der Waals surface area contributed by atoms with Gasteiger partial charge in [0.05, 0.1) is 11.2 Å². The first-order valence-electron chi connectivity index (χ1n) is 9.86. The summed E-state index contributed by atoms with van der Waals surface area (Å²) in [5.74, 6) is 0.320. The van der Waals surface area contributed by atoms with Crippen molar-refractivity contribution in [1.29, 1.82) is 0 Å². The molecule has 0 spiro atoms. The van der Waals surface area contributed by atoms with Crippen molar-refractivity contribution in [1.82, 2.24) is 4.90 Å². The van der Waals surface area contributed by atoms with Crippen molar-refractivity contribution in [3.8, 4) is 0 Å². The van der Waals surface area contributed by atoms with Gasteiger partial charge in [-0.2, -0.15) is 0 Å². The molecule has 0 aromatic heterocycles. The summed E-state index contributed by atoms with van der Waals surface area (Å²) in [6, 6.07) is 0.459. The van der Waals surface area contributed by atoms with Gasteiger partial charge in [0.2, 0.25) is 0 Å². The molecule has 2 unspecified atom stereocenters. The molecule has 0 aromatic carbocycles. The number of piperidine rings is 1. The third-order valence-electron chi connectivity index (χ3n) is 6.42. The zero-order valence-electron chi connectivity index (χ0n) is 17.4. The van der Waals surface area contributed by atoms with Crippen LogP contribution in [0, 0.1) is 5.92 Å². The van der Waals surface area contributed by atoms with Crippen LogP contribution in [0.15, 0.2) is 12.1 Å². The smallest absolute Gasteiger partial charge is 0.444 e. The van der Waals surface area contributed by atoms with Gasteiger partial charge in [-0.3, -0.25) is 0 Å². The Labute approximate surface area is 158 Å². The fourth-order valence-corrected chi connectivity index (χ4v) is 4.28. The van der Waals surface area contributed by atoms with Crippen LogP contribution in [0.3, 0.4) is 0 Å². The molecule has 3 rings (SSSR count). The van der Waals surface area contributed by atoms with Gasteiger partial charge >= 0.3 is 13.2 Å². The summed E-state index contributed by atoms with van der Waals surface area (Å²) in [5, 5.41) is 0. The van der Waals surface area contributed by atoms with Crippen LogP contribution in [-0.2, 0) is 14.0 Å². The third-order valence-corrected chi connectivity index (χ3v) is 6.42. The van der Waals surface area contributed by atoms with Crippen molar-refractivity contribution in [2.24, 2.45) is 5.92 Å². The Morgan fingerprint density at radius 3 is 1.96 bits per heavy atom. The minimum absolute atomic E-state index is 0.176. The predicted octanol–water partition coefficient (Wildman–Crippen LogP) is 4.35. The van der Waals surface area contributed by atoms with Gasteiger partial charge in [0.25, 0.3) is 0 Å². The van der Waals surface area contributed by atoms with E-state index in [1.807, 2.05) is 25.7 Å². The van der Waals surface area contributed by atoms with Crippen LogP contribution in [0.25, 0.3) is 0 Å². The number of carbonyl (C=O) groups excluding carboxylic acids is 1. The van der Waals surface area contributed by atoms with Crippen molar-refractivity contribution in [3.05, 3.63) is 12.1 Å². The first-order valence-corrected chi connectivity index (χ1v) is 9.86. The maximum atomic E-state index is 12.6. The number of hydrogen-bond acceptors (Lipinski definition) is 4. The first kappa shape index (κ1) is 19.7. The summed E-state index contributed by atoms with van der Waals surface area (Å²) >= 11 is 0. The highest BCUT2D eigenvalue weighted by atomic mass is 16.7. The molecule has 3 heterocycles. The van der Waals surface area contributed by atoms with E-state index in [4.69, 9.17) is 14.0 Å². The Morgan fingerprint density at radius 1 is 1.08 bits per heavy atom. The molecule has 2 atom stereocenters. The SMILES string of the molecule is C=C(B1OC(C)(C)C(C)(C)O1)C1CC2CCC(C1)N2C(=O)OC(C)(C)C. The molecule has 1 amide bonds. The lowest BCUT2D eigenvalue weighted by molar-refractivity contribution is 0.00416. The molecular formula is C20H34BNO4. The van der Waals surface area contributed by atoms with Crippen molar-refractivity contribution in [2.75, 3.05) is 0 Å². The monoisotopic (exact) mass is 363 g/mol. The van der Waals surface area contributed by atoms with Crippen molar-refractivity contribution < 1.29 is 18.8 Å². The average molecular weight is 363 g/mol. The molecule has 0 radical (unpaired) electrons. The Hall–Kier alpha value is -1.01. The highest BCUT2D eigenvalue weighted by Gasteiger charge is 2.54. The highest BCUT2D eigenvalue weighted by molar-refractivity contribution is 6.54. The molecule has 3 aliphatic rings. The van der Waals surface area contributed by atoms with Crippen LogP contribution in [0.5, 0.6) is 0 Å². The normalized spacial score (nSPS) is 32.7. The van der Waals surface area contributed by atoms with Gasteiger partial charge in [-0.15, -0.1) is 6.58 Å². The minimum atomic E-state index is -0.459. The van der Waals surface area contributed by atoms with E-state index in [2.05, 4.69) is 34.3 Å². The molecule has 26 heavy (non-hydrogen) atoms. The fourth-order valence-electron chi connectivity index (χ4n) is 4.28. The number of fused-ring (bicyclic) bond motifs is 2. The molecule has 0 aromatic rings. The number of hydrogen-bond donors (Lipinski definition) is 0. The van der Waals surface area contributed by atoms with Gasteiger partial charge in [0.15, 0.2) is 0 Å². The second-order valence-corrected chi connectivity index (χ2v) is 10.1. The van der Waals surface area contributed by atoms with Crippen LogP contribution < -0.4 is 0 Å². The van der Waals surface area contributed by atoms with Gasteiger partial charge < -0.3 is 18.9 Å². The standard InChI is InChI=1S/C20H34BNO4/c1-13(21-25-19(5,6)20(7,8)26-21)14-11-15-9-10-16(12-14)22(15)17(23)24-18(2,3)4/h14-16H,1,9-12H2,2-8H3. The molecule has 2 bridgehead atoms. The summed E-state index contributed by atoms with van der Waals surface area (Å²) in [4.78, 5) is 14.6. The zero-order chi connectivity index (χ0) is 19.5. The lowest BCUT2D eigenvalue weighted by Crippen LogP contribution is -2.49. The first-order chi connectivity index (χ1) is 11.8. The molecule has 5 nitrogen and oxygen atoms in total. The van der Waals surface area contributed by atoms with E-state index >= 15 is 0 Å². The minimum Gasteiger partial charge on any atom is -0.444 e. The maximum Gasteiger partial charge on any atom is 0.490 e. The number of carbonyl (C=O) groups is 1. The largest absolute Gasteiger partial charge is 0.490 e. The van der Waals surface area contributed by atoms with E-state index in [1.165, 1.54) is 0 Å². The lowest BCUT2D eigenvalue weighted by Gasteiger charge is -2.40. The maximum absolute atomic E-state index is 12.6. The van der Waals surface area contributed by atoms with Gasteiger partial charge in [-0.25, -0.2) is 4.79 Å². The molecular weight excluding hydrogens is 329 g/mol. The predicted molar refractivity (Wildman–Crippen MR) is 103 cm³/mol. The molecule has 6 heteroatoms. The van der Waals surface area contributed by atoms with Crippen molar-refractivity contribution >= 4 is 13.2 Å². The summed E-state index contributed by atoms with van der Waals surface area (Å²) in [6.07, 6.45) is 3.73. The van der Waals surface area contributed by atoms with E-state index in [9.17, 15) is 4.79 Å². The van der Waals surface area contributed by atoms with E-state index in [0.717, 1.165) is 31.2 Å². The number of nitrogens with zero attached hydrogens (tertiary/aromatic N) is 1. The third kappa shape index (κ3) is 3.55. The molecule has 3 fully saturated rings. The van der Waals surface area contributed by atoms with Gasteiger partial charge in [0, 0.05) is 12.1 Å². The van der Waals surface area contributed by atoms with Crippen molar-refractivity contribution in [3.63, 3.8) is 0 Å². The van der Waals surface area contributed by atoms with E-state index in [-0.39, 0.29) is 36.5 Å². The van der Waals surface area contributed by atoms with Gasteiger partial charge in [0.1, 0.15) is 5.60 Å². The lowest BCUT2D eigenvalue weighted by atomic mass is 9.68. The fraction of sp³-hybridized carbons (Fsp3) is 0.850. The average Bonchev–Trinajstić information content (AvgIpc) is 2.86.